The molecule has 0 radical (unpaired) electrons. The fourth-order valence-corrected chi connectivity index (χ4v) is 9.29. The molecule has 57 heavy (non-hydrogen) atoms. The Kier molecular flexibility index (Phi) is 11.9. The van der Waals surface area contributed by atoms with Gasteiger partial charge in [-0.15, -0.1) is 0 Å². The molecule has 15 heteroatoms. The summed E-state index contributed by atoms with van der Waals surface area (Å²) in [5, 5.41) is 8.87. The van der Waals surface area contributed by atoms with Crippen molar-refractivity contribution in [1.29, 1.82) is 0 Å². The van der Waals surface area contributed by atoms with Gasteiger partial charge in [-0.1, -0.05) is 18.2 Å². The van der Waals surface area contributed by atoms with Gasteiger partial charge >= 0.3 is 0 Å². The minimum atomic E-state index is -3.69. The molecule has 0 spiro atoms. The van der Waals surface area contributed by atoms with Crippen LogP contribution in [0.3, 0.4) is 0 Å². The van der Waals surface area contributed by atoms with Gasteiger partial charge in [0, 0.05) is 98.2 Å². The summed E-state index contributed by atoms with van der Waals surface area (Å²) < 4.78 is 43.5. The lowest BCUT2D eigenvalue weighted by atomic mass is 9.89. The summed E-state index contributed by atoms with van der Waals surface area (Å²) in [6, 6.07) is 20.6. The van der Waals surface area contributed by atoms with Gasteiger partial charge in [0.2, 0.25) is 27.8 Å². The van der Waals surface area contributed by atoms with Crippen molar-refractivity contribution >= 4 is 50.7 Å². The van der Waals surface area contributed by atoms with Crippen molar-refractivity contribution in [2.75, 3.05) is 54.8 Å². The normalized spacial score (nSPS) is 19.0. The number of rotatable bonds is 11. The first-order valence-electron chi connectivity index (χ1n) is 19.6. The number of imide groups is 1. The monoisotopic (exact) mass is 797 g/mol. The third kappa shape index (κ3) is 10.1. The van der Waals surface area contributed by atoms with Crippen LogP contribution in [0.5, 0.6) is 0 Å². The number of carbonyl (C=O) groups excluding carboxylic acids is 2. The lowest BCUT2D eigenvalue weighted by molar-refractivity contribution is -0.134. The Labute approximate surface area is 334 Å². The summed E-state index contributed by atoms with van der Waals surface area (Å²) in [6.07, 6.45) is 4.46. The molecule has 1 aromatic heterocycles. The van der Waals surface area contributed by atoms with Crippen molar-refractivity contribution in [3.05, 3.63) is 95.4 Å². The fraction of sp³-hybridized carbons (Fsp3) is 0.429. The van der Waals surface area contributed by atoms with Gasteiger partial charge in [0.1, 0.15) is 11.6 Å². The van der Waals surface area contributed by atoms with Crippen LogP contribution in [0.2, 0.25) is 0 Å². The van der Waals surface area contributed by atoms with E-state index in [9.17, 15) is 18.0 Å². The van der Waals surface area contributed by atoms with Crippen LogP contribution in [-0.2, 0) is 26.2 Å². The van der Waals surface area contributed by atoms with E-state index in [-0.39, 0.29) is 23.0 Å². The zero-order chi connectivity index (χ0) is 40.3. The maximum atomic E-state index is 15.1. The lowest BCUT2D eigenvalue weighted by Gasteiger charge is -2.43. The summed E-state index contributed by atoms with van der Waals surface area (Å²) in [4.78, 5) is 40.5. The van der Waals surface area contributed by atoms with Crippen molar-refractivity contribution < 1.29 is 22.4 Å². The molecule has 2 amide bonds. The topological polar surface area (TPSA) is 152 Å². The number of benzene rings is 3. The van der Waals surface area contributed by atoms with Crippen LogP contribution in [0.4, 0.5) is 33.2 Å². The van der Waals surface area contributed by atoms with Gasteiger partial charge in [-0.2, -0.15) is 4.98 Å². The van der Waals surface area contributed by atoms with E-state index in [0.717, 1.165) is 68.9 Å². The van der Waals surface area contributed by atoms with E-state index in [1.165, 1.54) is 5.69 Å². The highest BCUT2D eigenvalue weighted by Gasteiger charge is 2.31. The van der Waals surface area contributed by atoms with E-state index < -0.39 is 27.4 Å². The van der Waals surface area contributed by atoms with Gasteiger partial charge < -0.3 is 15.5 Å². The smallest absolute Gasteiger partial charge is 0.241 e. The molecule has 1 unspecified atom stereocenters. The van der Waals surface area contributed by atoms with E-state index in [1.807, 2.05) is 25.1 Å². The van der Waals surface area contributed by atoms with Gasteiger partial charge in [0.05, 0.1) is 10.8 Å². The predicted molar refractivity (Wildman–Crippen MR) is 220 cm³/mol. The molecule has 0 bridgehead atoms. The molecule has 0 aliphatic carbocycles. The van der Waals surface area contributed by atoms with E-state index in [0.29, 0.717) is 42.0 Å². The van der Waals surface area contributed by atoms with Crippen LogP contribution in [0.1, 0.15) is 69.1 Å². The number of nitrogens with zero attached hydrogens (tertiary/aromatic N) is 5. The standard InChI is InChI=1S/C42H52FN9O4S/c1-28-26-44-41(48-39(28)45-31-6-5-7-34(25-31)57(55,56)49-42(2,3)4)46-30-9-11-32(12-10-30)51-18-16-33(17-19-51)52-22-20-50(21-23-52)27-29-8-13-35(37(43)24-29)36-14-15-38(53)47-40(36)54/h5-13,24-26,33,36,49H,14-23,27H2,1-4H3,(H,47,53,54)(H2,44,45,46,48). The molecule has 4 aromatic rings. The minimum absolute atomic E-state index is 0.167. The van der Waals surface area contributed by atoms with Gasteiger partial charge in [-0.05, 0) is 101 Å². The number of amides is 2. The van der Waals surface area contributed by atoms with E-state index in [2.05, 4.69) is 57.5 Å². The van der Waals surface area contributed by atoms with Gasteiger partial charge in [-0.3, -0.25) is 24.7 Å². The predicted octanol–water partition coefficient (Wildman–Crippen LogP) is 5.79. The number of piperidine rings is 2. The zero-order valence-electron chi connectivity index (χ0n) is 33.0. The third-order valence-corrected chi connectivity index (χ3v) is 12.5. The van der Waals surface area contributed by atoms with Gasteiger partial charge in [0.15, 0.2) is 0 Å². The maximum Gasteiger partial charge on any atom is 0.241 e. The second-order valence-corrected chi connectivity index (χ2v) is 18.0. The Morgan fingerprint density at radius 3 is 2.30 bits per heavy atom. The molecular formula is C42H52FN9O4S. The molecule has 3 saturated heterocycles. The van der Waals surface area contributed by atoms with Crippen LogP contribution in [0.15, 0.2) is 77.8 Å². The highest BCUT2D eigenvalue weighted by Crippen LogP contribution is 2.30. The molecule has 13 nitrogen and oxygen atoms in total. The summed E-state index contributed by atoms with van der Waals surface area (Å²) in [7, 11) is -3.69. The van der Waals surface area contributed by atoms with Crippen LogP contribution in [0.25, 0.3) is 0 Å². The van der Waals surface area contributed by atoms with Crippen LogP contribution in [-0.4, -0.2) is 90.8 Å². The van der Waals surface area contributed by atoms with Crippen molar-refractivity contribution in [2.45, 2.75) is 82.3 Å². The number of hydrogen-bond acceptors (Lipinski definition) is 11. The summed E-state index contributed by atoms with van der Waals surface area (Å²) in [5.74, 6) is -0.730. The average Bonchev–Trinajstić information content (AvgIpc) is 3.17. The average molecular weight is 798 g/mol. The van der Waals surface area contributed by atoms with Crippen LogP contribution in [0, 0.1) is 12.7 Å². The Hall–Kier alpha value is -4.96. The first kappa shape index (κ1) is 40.2. The second kappa shape index (κ2) is 16.9. The number of sulfonamides is 1. The SMILES string of the molecule is Cc1cnc(Nc2ccc(N3CCC(N4CCN(Cc5ccc(C6CCC(=O)NC6=O)c(F)c5)CC4)CC3)cc2)nc1Nc1cccc(S(=O)(=O)NC(C)(C)C)c1. The number of carbonyl (C=O) groups is 2. The second-order valence-electron chi connectivity index (χ2n) is 16.3. The van der Waals surface area contributed by atoms with Crippen molar-refractivity contribution in [3.63, 3.8) is 0 Å². The van der Waals surface area contributed by atoms with Crippen molar-refractivity contribution in [1.82, 2.24) is 29.8 Å². The Bertz CT molecular complexity index is 2200. The molecule has 3 aliphatic rings. The third-order valence-electron chi connectivity index (χ3n) is 10.8. The van der Waals surface area contributed by atoms with Crippen molar-refractivity contribution in [2.24, 2.45) is 0 Å². The molecule has 3 fully saturated rings. The van der Waals surface area contributed by atoms with E-state index in [4.69, 9.17) is 0 Å². The summed E-state index contributed by atoms with van der Waals surface area (Å²) in [6.45, 7) is 13.7. The fourth-order valence-electron chi connectivity index (χ4n) is 7.83. The Morgan fingerprint density at radius 2 is 1.61 bits per heavy atom. The number of halogens is 1. The number of piperazine rings is 1. The van der Waals surface area contributed by atoms with E-state index in [1.54, 1.807) is 63.4 Å². The quantitative estimate of drug-likeness (QED) is 0.137. The first-order valence-corrected chi connectivity index (χ1v) is 21.1. The number of nitrogens with one attached hydrogen (secondary N) is 4. The maximum absolute atomic E-state index is 15.1. The van der Waals surface area contributed by atoms with Gasteiger partial charge in [-0.25, -0.2) is 22.5 Å². The zero-order valence-corrected chi connectivity index (χ0v) is 33.8. The molecular weight excluding hydrogens is 746 g/mol. The Morgan fingerprint density at radius 1 is 0.877 bits per heavy atom. The lowest BCUT2D eigenvalue weighted by Crippen LogP contribution is -2.53. The minimum Gasteiger partial charge on any atom is -0.371 e. The highest BCUT2D eigenvalue weighted by atomic mass is 32.2. The first-order chi connectivity index (χ1) is 27.2. The number of aromatic nitrogens is 2. The molecule has 302 valence electrons. The number of hydrogen-bond donors (Lipinski definition) is 4. The molecule has 0 saturated carbocycles. The molecule has 3 aromatic carbocycles. The van der Waals surface area contributed by atoms with Gasteiger partial charge in [0.25, 0.3) is 0 Å². The Balaban J connectivity index is 0.872. The number of aryl methyl sites for hydroxylation is 1. The molecule has 4 heterocycles. The van der Waals surface area contributed by atoms with Crippen LogP contribution < -0.4 is 25.6 Å². The molecule has 4 N–H and O–H groups in total. The van der Waals surface area contributed by atoms with Crippen LogP contribution >= 0.6 is 0 Å². The van der Waals surface area contributed by atoms with Crippen molar-refractivity contribution in [3.8, 4) is 0 Å². The highest BCUT2D eigenvalue weighted by molar-refractivity contribution is 7.89. The summed E-state index contributed by atoms with van der Waals surface area (Å²) >= 11 is 0. The molecule has 1 atom stereocenters. The summed E-state index contributed by atoms with van der Waals surface area (Å²) in [5.41, 5.74) is 4.09. The number of anilines is 5. The largest absolute Gasteiger partial charge is 0.371 e. The van der Waals surface area contributed by atoms with E-state index >= 15 is 4.39 Å². The molecule has 7 rings (SSSR count). The molecule has 3 aliphatic heterocycles.